The van der Waals surface area contributed by atoms with E-state index in [1.807, 2.05) is 0 Å². The summed E-state index contributed by atoms with van der Waals surface area (Å²) in [5.74, 6) is 0.496. The fraction of sp³-hybridized carbons (Fsp3) is 0.429. The lowest BCUT2D eigenvalue weighted by Crippen LogP contribution is -2.29. The zero-order valence-electron chi connectivity index (χ0n) is 11.6. The number of hydrogen-bond acceptors (Lipinski definition) is 4. The molecule has 0 heterocycles. The van der Waals surface area contributed by atoms with E-state index in [2.05, 4.69) is 10.6 Å². The third-order valence-corrected chi connectivity index (χ3v) is 2.95. The number of rotatable bonds is 6. The SMILES string of the molecule is COc1ccc(NC(=O)CC(=O)NC2CC2)c(OC)c1. The molecule has 6 heteroatoms. The summed E-state index contributed by atoms with van der Waals surface area (Å²) in [6, 6.07) is 5.31. The Morgan fingerprint density at radius 3 is 2.55 bits per heavy atom. The second-order valence-corrected chi connectivity index (χ2v) is 4.63. The van der Waals surface area contributed by atoms with Crippen LogP contribution in [0.15, 0.2) is 18.2 Å². The van der Waals surface area contributed by atoms with Crippen LogP contribution in [0.1, 0.15) is 19.3 Å². The predicted octanol–water partition coefficient (Wildman–Crippen LogP) is 1.31. The molecule has 2 amide bonds. The fourth-order valence-corrected chi connectivity index (χ4v) is 1.75. The molecule has 0 atom stereocenters. The first-order chi connectivity index (χ1) is 9.62. The highest BCUT2D eigenvalue weighted by atomic mass is 16.5. The van der Waals surface area contributed by atoms with Crippen LogP contribution in [0.3, 0.4) is 0 Å². The van der Waals surface area contributed by atoms with Gasteiger partial charge in [-0.3, -0.25) is 9.59 Å². The number of anilines is 1. The number of carbonyl (C=O) groups excluding carboxylic acids is 2. The number of ether oxygens (including phenoxy) is 2. The van der Waals surface area contributed by atoms with E-state index in [1.54, 1.807) is 25.3 Å². The molecule has 20 heavy (non-hydrogen) atoms. The van der Waals surface area contributed by atoms with Crippen molar-refractivity contribution >= 4 is 17.5 Å². The average Bonchev–Trinajstić information content (AvgIpc) is 3.22. The van der Waals surface area contributed by atoms with Crippen LogP contribution in [0.4, 0.5) is 5.69 Å². The molecule has 0 aliphatic heterocycles. The van der Waals surface area contributed by atoms with Crippen LogP contribution in [0.2, 0.25) is 0 Å². The van der Waals surface area contributed by atoms with E-state index < -0.39 is 0 Å². The lowest BCUT2D eigenvalue weighted by Gasteiger charge is -2.11. The van der Waals surface area contributed by atoms with Gasteiger partial charge in [0.1, 0.15) is 17.9 Å². The van der Waals surface area contributed by atoms with Gasteiger partial charge in [0, 0.05) is 12.1 Å². The molecule has 1 aromatic rings. The molecule has 1 aliphatic rings. The Morgan fingerprint density at radius 2 is 1.95 bits per heavy atom. The van der Waals surface area contributed by atoms with Crippen LogP contribution in [0, 0.1) is 0 Å². The zero-order valence-corrected chi connectivity index (χ0v) is 11.6. The van der Waals surface area contributed by atoms with Crippen molar-refractivity contribution in [2.75, 3.05) is 19.5 Å². The van der Waals surface area contributed by atoms with Crippen molar-refractivity contribution < 1.29 is 19.1 Å². The van der Waals surface area contributed by atoms with Gasteiger partial charge in [0.2, 0.25) is 11.8 Å². The first-order valence-electron chi connectivity index (χ1n) is 6.43. The van der Waals surface area contributed by atoms with Gasteiger partial charge in [-0.2, -0.15) is 0 Å². The maximum Gasteiger partial charge on any atom is 0.233 e. The molecule has 0 unspecified atom stereocenters. The van der Waals surface area contributed by atoms with Crippen molar-refractivity contribution in [2.24, 2.45) is 0 Å². The lowest BCUT2D eigenvalue weighted by molar-refractivity contribution is -0.126. The summed E-state index contributed by atoms with van der Waals surface area (Å²) in [4.78, 5) is 23.3. The van der Waals surface area contributed by atoms with Gasteiger partial charge in [-0.25, -0.2) is 0 Å². The molecule has 0 spiro atoms. The molecule has 1 saturated carbocycles. The Balaban J connectivity index is 1.94. The number of methoxy groups -OCH3 is 2. The quantitative estimate of drug-likeness (QED) is 0.769. The van der Waals surface area contributed by atoms with Crippen LogP contribution in [-0.2, 0) is 9.59 Å². The molecular formula is C14H18N2O4. The third kappa shape index (κ3) is 3.88. The minimum absolute atomic E-state index is 0.189. The smallest absolute Gasteiger partial charge is 0.233 e. The first kappa shape index (κ1) is 14.2. The molecule has 2 rings (SSSR count). The maximum atomic E-state index is 11.8. The average molecular weight is 278 g/mol. The van der Waals surface area contributed by atoms with E-state index in [0.717, 1.165) is 12.8 Å². The number of amides is 2. The normalized spacial score (nSPS) is 13.5. The highest BCUT2D eigenvalue weighted by molar-refractivity contribution is 6.04. The summed E-state index contributed by atoms with van der Waals surface area (Å²) in [6.45, 7) is 0. The molecule has 6 nitrogen and oxygen atoms in total. The van der Waals surface area contributed by atoms with Gasteiger partial charge in [-0.05, 0) is 25.0 Å². The van der Waals surface area contributed by atoms with Crippen molar-refractivity contribution in [3.63, 3.8) is 0 Å². The van der Waals surface area contributed by atoms with Gasteiger partial charge in [-0.1, -0.05) is 0 Å². The van der Waals surface area contributed by atoms with Gasteiger partial charge in [0.25, 0.3) is 0 Å². The summed E-state index contributed by atoms with van der Waals surface area (Å²) in [5.41, 5.74) is 0.512. The zero-order chi connectivity index (χ0) is 14.5. The second-order valence-electron chi connectivity index (χ2n) is 4.63. The number of carbonyl (C=O) groups is 2. The largest absolute Gasteiger partial charge is 0.497 e. The molecule has 1 fully saturated rings. The van der Waals surface area contributed by atoms with Crippen LogP contribution < -0.4 is 20.1 Å². The molecular weight excluding hydrogens is 260 g/mol. The molecule has 2 N–H and O–H groups in total. The van der Waals surface area contributed by atoms with Gasteiger partial charge in [-0.15, -0.1) is 0 Å². The summed E-state index contributed by atoms with van der Waals surface area (Å²) in [7, 11) is 3.06. The minimum Gasteiger partial charge on any atom is -0.497 e. The number of nitrogens with one attached hydrogen (secondary N) is 2. The Hall–Kier alpha value is -2.24. The topological polar surface area (TPSA) is 76.7 Å². The monoisotopic (exact) mass is 278 g/mol. The first-order valence-corrected chi connectivity index (χ1v) is 6.43. The van der Waals surface area contributed by atoms with E-state index in [9.17, 15) is 9.59 Å². The molecule has 1 aromatic carbocycles. The Kier molecular flexibility index (Phi) is 4.45. The summed E-state index contributed by atoms with van der Waals surface area (Å²) in [6.07, 6.45) is 1.81. The minimum atomic E-state index is -0.369. The number of hydrogen-bond donors (Lipinski definition) is 2. The fourth-order valence-electron chi connectivity index (χ4n) is 1.75. The Labute approximate surface area is 117 Å². The summed E-state index contributed by atoms with van der Waals surface area (Å²) < 4.78 is 10.2. The molecule has 0 bridgehead atoms. The molecule has 1 aliphatic carbocycles. The van der Waals surface area contributed by atoms with Crippen molar-refractivity contribution in [1.82, 2.24) is 5.32 Å². The molecule has 0 aromatic heterocycles. The summed E-state index contributed by atoms with van der Waals surface area (Å²) in [5, 5.41) is 5.42. The van der Waals surface area contributed by atoms with Crippen LogP contribution in [0.25, 0.3) is 0 Å². The van der Waals surface area contributed by atoms with E-state index in [4.69, 9.17) is 9.47 Å². The highest BCUT2D eigenvalue weighted by Crippen LogP contribution is 2.29. The van der Waals surface area contributed by atoms with Crippen molar-refractivity contribution in [2.45, 2.75) is 25.3 Å². The summed E-state index contributed by atoms with van der Waals surface area (Å²) >= 11 is 0. The van der Waals surface area contributed by atoms with Crippen molar-refractivity contribution in [1.29, 1.82) is 0 Å². The lowest BCUT2D eigenvalue weighted by atomic mass is 10.2. The van der Waals surface area contributed by atoms with Gasteiger partial charge < -0.3 is 20.1 Å². The van der Waals surface area contributed by atoms with Crippen LogP contribution in [-0.4, -0.2) is 32.1 Å². The van der Waals surface area contributed by atoms with Crippen molar-refractivity contribution in [3.8, 4) is 11.5 Å². The van der Waals surface area contributed by atoms with E-state index >= 15 is 0 Å². The van der Waals surface area contributed by atoms with E-state index in [0.29, 0.717) is 17.2 Å². The van der Waals surface area contributed by atoms with Gasteiger partial charge in [0.05, 0.1) is 19.9 Å². The Bertz CT molecular complexity index is 512. The van der Waals surface area contributed by atoms with E-state index in [-0.39, 0.29) is 24.3 Å². The highest BCUT2D eigenvalue weighted by Gasteiger charge is 2.24. The Morgan fingerprint density at radius 1 is 1.20 bits per heavy atom. The molecule has 0 radical (unpaired) electrons. The van der Waals surface area contributed by atoms with E-state index in [1.165, 1.54) is 7.11 Å². The maximum absolute atomic E-state index is 11.8. The molecule has 108 valence electrons. The number of benzene rings is 1. The standard InChI is InChI=1S/C14H18N2O4/c1-19-10-5-6-11(12(7-10)20-2)16-14(18)8-13(17)15-9-3-4-9/h5-7,9H,3-4,8H2,1-2H3,(H,15,17)(H,16,18). The van der Waals surface area contributed by atoms with Crippen molar-refractivity contribution in [3.05, 3.63) is 18.2 Å². The van der Waals surface area contributed by atoms with Crippen LogP contribution >= 0.6 is 0 Å². The third-order valence-electron chi connectivity index (χ3n) is 2.95. The molecule has 0 saturated heterocycles. The van der Waals surface area contributed by atoms with Gasteiger partial charge >= 0.3 is 0 Å². The van der Waals surface area contributed by atoms with Crippen LogP contribution in [0.5, 0.6) is 11.5 Å². The van der Waals surface area contributed by atoms with Gasteiger partial charge in [0.15, 0.2) is 0 Å². The predicted molar refractivity (Wildman–Crippen MR) is 74.0 cm³/mol. The second kappa shape index (κ2) is 6.27.